The quantitative estimate of drug-likeness (QED) is 0.816. The van der Waals surface area contributed by atoms with E-state index in [1.807, 2.05) is 13.8 Å². The van der Waals surface area contributed by atoms with Crippen LogP contribution in [0.3, 0.4) is 0 Å². The number of ether oxygens (including phenoxy) is 4. The zero-order valence-electron chi connectivity index (χ0n) is 13.4. The molecule has 2 aromatic rings. The van der Waals surface area contributed by atoms with Crippen molar-refractivity contribution in [3.05, 3.63) is 54.1 Å². The first kappa shape index (κ1) is 16.7. The molecule has 1 aliphatic rings. The van der Waals surface area contributed by atoms with E-state index in [2.05, 4.69) is 0 Å². The van der Waals surface area contributed by atoms with Gasteiger partial charge in [0.25, 0.3) is 0 Å². The smallest absolute Gasteiger partial charge is 0.163 e. The molecule has 128 valence electrons. The summed E-state index contributed by atoms with van der Waals surface area (Å²) in [6, 6.07) is 9.78. The largest absolute Gasteiger partial charge is 0.491 e. The molecule has 2 aromatic carbocycles. The molecule has 0 bridgehead atoms. The van der Waals surface area contributed by atoms with E-state index in [0.29, 0.717) is 24.7 Å². The van der Waals surface area contributed by atoms with Gasteiger partial charge in [0.15, 0.2) is 5.79 Å². The van der Waals surface area contributed by atoms with E-state index < -0.39 is 17.4 Å². The molecule has 0 N–H and O–H groups in total. The van der Waals surface area contributed by atoms with Crippen molar-refractivity contribution >= 4 is 0 Å². The number of hydrogen-bond acceptors (Lipinski definition) is 4. The van der Waals surface area contributed by atoms with Gasteiger partial charge in [-0.1, -0.05) is 0 Å². The zero-order chi connectivity index (χ0) is 17.2. The van der Waals surface area contributed by atoms with Crippen molar-refractivity contribution in [3.63, 3.8) is 0 Å². The van der Waals surface area contributed by atoms with Gasteiger partial charge in [-0.25, -0.2) is 8.78 Å². The van der Waals surface area contributed by atoms with Gasteiger partial charge in [0, 0.05) is 18.2 Å². The second-order valence-corrected chi connectivity index (χ2v) is 5.94. The molecule has 1 fully saturated rings. The number of rotatable bonds is 5. The lowest BCUT2D eigenvalue weighted by Gasteiger charge is -2.17. The Hall–Kier alpha value is -2.18. The molecule has 0 radical (unpaired) electrons. The Bertz CT molecular complexity index is 680. The number of benzene rings is 2. The first-order chi connectivity index (χ1) is 11.4. The summed E-state index contributed by atoms with van der Waals surface area (Å²) in [6.45, 7) is 4.57. The molecule has 3 rings (SSSR count). The maximum atomic E-state index is 13.1. The molecule has 0 aromatic heterocycles. The van der Waals surface area contributed by atoms with Gasteiger partial charge in [0.1, 0.15) is 41.6 Å². The molecule has 24 heavy (non-hydrogen) atoms. The highest BCUT2D eigenvalue weighted by atomic mass is 19.1. The molecule has 0 amide bonds. The molecule has 1 atom stereocenters. The van der Waals surface area contributed by atoms with E-state index in [4.69, 9.17) is 18.9 Å². The van der Waals surface area contributed by atoms with Crippen molar-refractivity contribution in [2.45, 2.75) is 25.7 Å². The van der Waals surface area contributed by atoms with Gasteiger partial charge in [0.05, 0.1) is 6.61 Å². The van der Waals surface area contributed by atoms with Crippen LogP contribution in [0, 0.1) is 11.6 Å². The summed E-state index contributed by atoms with van der Waals surface area (Å²) in [5.74, 6) is -0.764. The van der Waals surface area contributed by atoms with Crippen LogP contribution in [0.4, 0.5) is 8.78 Å². The van der Waals surface area contributed by atoms with Crippen molar-refractivity contribution in [1.29, 1.82) is 0 Å². The molecular formula is C18H18F2O4. The number of halogens is 2. The Morgan fingerprint density at radius 3 is 2.21 bits per heavy atom. The van der Waals surface area contributed by atoms with E-state index in [1.165, 1.54) is 0 Å². The lowest BCUT2D eigenvalue weighted by atomic mass is 10.3. The second-order valence-electron chi connectivity index (χ2n) is 5.94. The van der Waals surface area contributed by atoms with Crippen LogP contribution in [0.5, 0.6) is 17.2 Å². The zero-order valence-corrected chi connectivity index (χ0v) is 13.4. The van der Waals surface area contributed by atoms with Crippen molar-refractivity contribution in [1.82, 2.24) is 0 Å². The summed E-state index contributed by atoms with van der Waals surface area (Å²) < 4.78 is 48.5. The van der Waals surface area contributed by atoms with Gasteiger partial charge in [-0.15, -0.1) is 0 Å². The lowest BCUT2D eigenvalue weighted by Crippen LogP contribution is -2.25. The minimum Gasteiger partial charge on any atom is -0.491 e. The van der Waals surface area contributed by atoms with Crippen LogP contribution < -0.4 is 9.47 Å². The van der Waals surface area contributed by atoms with Crippen molar-refractivity contribution in [2.24, 2.45) is 0 Å². The Balaban J connectivity index is 1.55. The Morgan fingerprint density at radius 2 is 1.62 bits per heavy atom. The first-order valence-corrected chi connectivity index (χ1v) is 7.58. The molecule has 4 nitrogen and oxygen atoms in total. The van der Waals surface area contributed by atoms with E-state index in [-0.39, 0.29) is 11.9 Å². The van der Waals surface area contributed by atoms with Crippen LogP contribution in [0.25, 0.3) is 0 Å². The van der Waals surface area contributed by atoms with Gasteiger partial charge < -0.3 is 18.9 Å². The monoisotopic (exact) mass is 336 g/mol. The average molecular weight is 336 g/mol. The van der Waals surface area contributed by atoms with Gasteiger partial charge in [0.2, 0.25) is 0 Å². The fourth-order valence-electron chi connectivity index (χ4n) is 2.36. The molecule has 1 heterocycles. The SMILES string of the molecule is CC1(C)OCC(COc2ccc(Oc3cc(F)cc(F)c3)cc2)O1. The van der Waals surface area contributed by atoms with E-state index in [9.17, 15) is 8.78 Å². The summed E-state index contributed by atoms with van der Waals surface area (Å²) in [4.78, 5) is 0. The van der Waals surface area contributed by atoms with Gasteiger partial charge in [-0.2, -0.15) is 0 Å². The van der Waals surface area contributed by atoms with Crippen molar-refractivity contribution < 1.29 is 27.7 Å². The summed E-state index contributed by atoms with van der Waals surface area (Å²) in [5.41, 5.74) is 0. The lowest BCUT2D eigenvalue weighted by molar-refractivity contribution is -0.141. The maximum Gasteiger partial charge on any atom is 0.163 e. The third-order valence-electron chi connectivity index (χ3n) is 3.40. The van der Waals surface area contributed by atoms with Gasteiger partial charge >= 0.3 is 0 Å². The second kappa shape index (κ2) is 6.75. The predicted octanol–water partition coefficient (Wildman–Crippen LogP) is 4.29. The van der Waals surface area contributed by atoms with E-state index in [1.54, 1.807) is 24.3 Å². The van der Waals surface area contributed by atoms with Crippen molar-refractivity contribution in [3.8, 4) is 17.2 Å². The Labute approximate surface area is 138 Å². The predicted molar refractivity (Wildman–Crippen MR) is 83.3 cm³/mol. The highest BCUT2D eigenvalue weighted by Crippen LogP contribution is 2.26. The fraction of sp³-hybridized carbons (Fsp3) is 0.333. The summed E-state index contributed by atoms with van der Waals surface area (Å²) in [6.07, 6.45) is -0.119. The van der Waals surface area contributed by atoms with Crippen LogP contribution in [-0.2, 0) is 9.47 Å². The molecular weight excluding hydrogens is 318 g/mol. The average Bonchev–Trinajstić information content (AvgIpc) is 2.85. The van der Waals surface area contributed by atoms with Crippen molar-refractivity contribution in [2.75, 3.05) is 13.2 Å². The first-order valence-electron chi connectivity index (χ1n) is 7.58. The minimum atomic E-state index is -0.688. The topological polar surface area (TPSA) is 36.9 Å². The van der Waals surface area contributed by atoms with Crippen LogP contribution in [-0.4, -0.2) is 25.1 Å². The third-order valence-corrected chi connectivity index (χ3v) is 3.40. The van der Waals surface area contributed by atoms with Crippen LogP contribution in [0.2, 0.25) is 0 Å². The normalized spacial score (nSPS) is 19.2. The Morgan fingerprint density at radius 1 is 1.00 bits per heavy atom. The summed E-state index contributed by atoms with van der Waals surface area (Å²) in [7, 11) is 0. The van der Waals surface area contributed by atoms with E-state index >= 15 is 0 Å². The fourth-order valence-corrected chi connectivity index (χ4v) is 2.36. The molecule has 1 saturated heterocycles. The summed E-state index contributed by atoms with van der Waals surface area (Å²) in [5, 5.41) is 0. The molecule has 0 saturated carbocycles. The molecule has 1 unspecified atom stereocenters. The maximum absolute atomic E-state index is 13.1. The highest BCUT2D eigenvalue weighted by Gasteiger charge is 2.32. The molecule has 0 aliphatic carbocycles. The molecule has 1 aliphatic heterocycles. The Kier molecular flexibility index (Phi) is 4.69. The number of hydrogen-bond donors (Lipinski definition) is 0. The highest BCUT2D eigenvalue weighted by molar-refractivity contribution is 5.35. The van der Waals surface area contributed by atoms with Gasteiger partial charge in [-0.05, 0) is 38.1 Å². The molecule has 6 heteroatoms. The van der Waals surface area contributed by atoms with Gasteiger partial charge in [-0.3, -0.25) is 0 Å². The minimum absolute atomic E-state index is 0.0971. The standard InChI is InChI=1S/C18H18F2O4/c1-18(2)22-11-17(24-18)10-21-14-3-5-15(6-4-14)23-16-8-12(19)7-13(20)9-16/h3-9,17H,10-11H2,1-2H3. The van der Waals surface area contributed by atoms with E-state index in [0.717, 1.165) is 18.2 Å². The van der Waals surface area contributed by atoms with Crippen LogP contribution in [0.1, 0.15) is 13.8 Å². The summed E-state index contributed by atoms with van der Waals surface area (Å²) >= 11 is 0. The molecule has 0 spiro atoms. The van der Waals surface area contributed by atoms with Crippen LogP contribution in [0.15, 0.2) is 42.5 Å². The van der Waals surface area contributed by atoms with Crippen LogP contribution >= 0.6 is 0 Å². The third kappa shape index (κ3) is 4.43.